The molecule has 5 aromatic rings. The maximum absolute atomic E-state index is 14.6. The molecule has 12 heteroatoms. The van der Waals surface area contributed by atoms with E-state index in [4.69, 9.17) is 4.74 Å². The van der Waals surface area contributed by atoms with Crippen LogP contribution in [0.25, 0.3) is 22.0 Å². The number of carbonyl (C=O) groups is 1. The summed E-state index contributed by atoms with van der Waals surface area (Å²) in [4.78, 5) is 31.3. The summed E-state index contributed by atoms with van der Waals surface area (Å²) < 4.78 is 74.6. The molecule has 1 saturated heterocycles. The van der Waals surface area contributed by atoms with E-state index in [0.29, 0.717) is 52.1 Å². The number of fused-ring (bicyclic) bond motifs is 1. The number of thioether (sulfide) groups is 1. The molecule has 1 aliphatic rings. The predicted molar refractivity (Wildman–Crippen MR) is 196 cm³/mol. The maximum atomic E-state index is 14.6. The fourth-order valence-corrected chi connectivity index (χ4v) is 7.35. The van der Waals surface area contributed by atoms with Crippen LogP contribution in [0, 0.1) is 23.6 Å². The van der Waals surface area contributed by atoms with Gasteiger partial charge >= 0.3 is 6.18 Å². The second-order valence-corrected chi connectivity index (χ2v) is 13.7. The normalized spacial score (nSPS) is 13.8. The minimum absolute atomic E-state index is 0.0293. The molecular formula is C41H36F5N3O3S. The van der Waals surface area contributed by atoms with E-state index < -0.39 is 23.4 Å². The first kappa shape index (κ1) is 37.8. The van der Waals surface area contributed by atoms with Crippen molar-refractivity contribution in [2.75, 3.05) is 33.4 Å². The zero-order valence-corrected chi connectivity index (χ0v) is 29.7. The number of aromatic nitrogens is 1. The molecule has 1 fully saturated rings. The third-order valence-corrected chi connectivity index (χ3v) is 10.3. The number of methoxy groups -OCH3 is 1. The van der Waals surface area contributed by atoms with Gasteiger partial charge in [-0.05, 0) is 72.4 Å². The number of pyridine rings is 1. The lowest BCUT2D eigenvalue weighted by Crippen LogP contribution is -2.47. The molecule has 0 bridgehead atoms. The molecule has 0 saturated carbocycles. The van der Waals surface area contributed by atoms with E-state index in [0.717, 1.165) is 49.6 Å². The minimum Gasteiger partial charge on any atom is -0.383 e. The molecule has 53 heavy (non-hydrogen) atoms. The number of carbonyl (C=O) groups excluding carboxylic acids is 1. The van der Waals surface area contributed by atoms with Gasteiger partial charge in [0, 0.05) is 67.2 Å². The first-order chi connectivity index (χ1) is 25.5. The highest BCUT2D eigenvalue weighted by Gasteiger charge is 2.30. The molecule has 274 valence electrons. The number of piperidine rings is 1. The molecule has 1 aliphatic heterocycles. The molecule has 1 aromatic heterocycles. The first-order valence-corrected chi connectivity index (χ1v) is 18.0. The van der Waals surface area contributed by atoms with Crippen molar-refractivity contribution in [3.8, 4) is 23.1 Å². The van der Waals surface area contributed by atoms with E-state index >= 15 is 0 Å². The van der Waals surface area contributed by atoms with Crippen LogP contribution < -0.4 is 5.43 Å². The summed E-state index contributed by atoms with van der Waals surface area (Å²) >= 11 is 1.14. The maximum Gasteiger partial charge on any atom is 0.416 e. The standard InChI is InChI=1S/C41H36F5N3O3S/c1-52-24-23-47-20-18-33(19-21-47)48(22-17-28-9-11-29(12-10-28)30-13-15-32(16-14-30)41(44,45)46)38(51)26-49-36-8-3-2-6-34(36)37(50)25-39(49)53-27-31-5-4-7-35(42)40(31)43/h2-16,25,33H,18-21,23-24,26-27H2,1H3. The van der Waals surface area contributed by atoms with Gasteiger partial charge in [0.25, 0.3) is 5.91 Å². The summed E-state index contributed by atoms with van der Waals surface area (Å²) in [6.45, 7) is 2.67. The number of amides is 1. The lowest BCUT2D eigenvalue weighted by molar-refractivity contribution is -0.137. The second-order valence-electron chi connectivity index (χ2n) is 12.7. The van der Waals surface area contributed by atoms with Crippen LogP contribution in [0.4, 0.5) is 22.0 Å². The Morgan fingerprint density at radius 3 is 2.28 bits per heavy atom. The topological polar surface area (TPSA) is 54.8 Å². The molecule has 0 spiro atoms. The van der Waals surface area contributed by atoms with E-state index in [1.807, 2.05) is 0 Å². The van der Waals surface area contributed by atoms with E-state index in [-0.39, 0.29) is 35.2 Å². The average Bonchev–Trinajstić information content (AvgIpc) is 3.16. The van der Waals surface area contributed by atoms with Gasteiger partial charge in [0.2, 0.25) is 0 Å². The molecule has 0 radical (unpaired) electrons. The minimum atomic E-state index is -4.42. The number of rotatable bonds is 10. The number of hydrogen-bond donors (Lipinski definition) is 0. The number of hydrogen-bond acceptors (Lipinski definition) is 5. The Balaban J connectivity index is 1.29. The van der Waals surface area contributed by atoms with Gasteiger partial charge in [-0.1, -0.05) is 48.5 Å². The number of halogens is 5. The van der Waals surface area contributed by atoms with Crippen LogP contribution in [-0.2, 0) is 28.0 Å². The van der Waals surface area contributed by atoms with Crippen molar-refractivity contribution in [3.63, 3.8) is 0 Å². The Morgan fingerprint density at radius 2 is 1.60 bits per heavy atom. The summed E-state index contributed by atoms with van der Waals surface area (Å²) in [6.07, 6.45) is -3.08. The monoisotopic (exact) mass is 745 g/mol. The molecule has 0 unspecified atom stereocenters. The highest BCUT2D eigenvalue weighted by Crippen LogP contribution is 2.31. The van der Waals surface area contributed by atoms with Crippen LogP contribution in [0.1, 0.15) is 29.5 Å². The molecule has 0 N–H and O–H groups in total. The summed E-state index contributed by atoms with van der Waals surface area (Å²) in [5.41, 5.74) is 1.62. The Morgan fingerprint density at radius 1 is 0.925 bits per heavy atom. The highest BCUT2D eigenvalue weighted by atomic mass is 32.2. The zero-order chi connectivity index (χ0) is 37.5. The van der Waals surface area contributed by atoms with Crippen LogP contribution in [-0.4, -0.2) is 59.7 Å². The van der Waals surface area contributed by atoms with Gasteiger partial charge in [0.05, 0.1) is 22.7 Å². The van der Waals surface area contributed by atoms with Gasteiger partial charge in [0.1, 0.15) is 6.54 Å². The molecule has 6 rings (SSSR count). The largest absolute Gasteiger partial charge is 0.416 e. The van der Waals surface area contributed by atoms with Crippen LogP contribution in [0.5, 0.6) is 0 Å². The van der Waals surface area contributed by atoms with Crippen molar-refractivity contribution in [2.24, 2.45) is 0 Å². The molecule has 6 nitrogen and oxygen atoms in total. The lowest BCUT2D eigenvalue weighted by atomic mass is 10.0. The number of para-hydroxylation sites is 1. The smallest absolute Gasteiger partial charge is 0.383 e. The fraction of sp³-hybridized carbons (Fsp3) is 0.268. The van der Waals surface area contributed by atoms with Crippen LogP contribution >= 0.6 is 11.8 Å². The number of likely N-dealkylation sites (tertiary alicyclic amines) is 1. The van der Waals surface area contributed by atoms with Crippen molar-refractivity contribution in [1.82, 2.24) is 14.4 Å². The molecule has 0 aliphatic carbocycles. The summed E-state index contributed by atoms with van der Waals surface area (Å²) in [6, 6.07) is 27.2. The number of nitrogens with zero attached hydrogens (tertiary/aromatic N) is 3. The van der Waals surface area contributed by atoms with E-state index in [1.165, 1.54) is 30.3 Å². The number of benzene rings is 4. The SMILES string of the molecule is COCCN1CCC(N(C#Cc2ccc(-c3ccc(C(F)(F)F)cc3)cc2)C(=O)Cn2c(SCc3cccc(F)c3F)cc(=O)c3ccccc32)CC1. The third-order valence-electron chi connectivity index (χ3n) is 9.24. The van der Waals surface area contributed by atoms with Gasteiger partial charge < -0.3 is 14.2 Å². The zero-order valence-electron chi connectivity index (χ0n) is 28.8. The Bertz CT molecular complexity index is 2190. The summed E-state index contributed by atoms with van der Waals surface area (Å²) in [5, 5.41) is 0.839. The van der Waals surface area contributed by atoms with Crippen molar-refractivity contribution >= 4 is 28.6 Å². The van der Waals surface area contributed by atoms with Gasteiger partial charge in [-0.15, -0.1) is 11.8 Å². The van der Waals surface area contributed by atoms with Crippen molar-refractivity contribution in [1.29, 1.82) is 0 Å². The van der Waals surface area contributed by atoms with Crippen LogP contribution in [0.2, 0.25) is 0 Å². The van der Waals surface area contributed by atoms with Crippen molar-refractivity contribution in [2.45, 2.75) is 42.4 Å². The van der Waals surface area contributed by atoms with E-state index in [1.54, 1.807) is 65.1 Å². The average molecular weight is 746 g/mol. The lowest BCUT2D eigenvalue weighted by Gasteiger charge is -2.36. The molecule has 1 amide bonds. The third kappa shape index (κ3) is 9.16. The van der Waals surface area contributed by atoms with Gasteiger partial charge in [-0.2, -0.15) is 13.2 Å². The summed E-state index contributed by atoms with van der Waals surface area (Å²) in [5.74, 6) is 0.909. The Labute approximate surface area is 308 Å². The first-order valence-electron chi connectivity index (χ1n) is 17.0. The quantitative estimate of drug-likeness (QED) is 0.0625. The van der Waals surface area contributed by atoms with E-state index in [9.17, 15) is 31.5 Å². The molecule has 0 atom stereocenters. The van der Waals surface area contributed by atoms with Gasteiger partial charge in [-0.3, -0.25) is 14.5 Å². The molecular weight excluding hydrogens is 710 g/mol. The van der Waals surface area contributed by atoms with Crippen molar-refractivity contribution in [3.05, 3.63) is 136 Å². The number of ether oxygens (including phenoxy) is 1. The predicted octanol–water partition coefficient (Wildman–Crippen LogP) is 8.21. The van der Waals surface area contributed by atoms with E-state index in [2.05, 4.69) is 16.9 Å². The summed E-state index contributed by atoms with van der Waals surface area (Å²) in [7, 11) is 1.65. The van der Waals surface area contributed by atoms with Crippen molar-refractivity contribution < 1.29 is 31.5 Å². The van der Waals surface area contributed by atoms with Gasteiger partial charge in [-0.25, -0.2) is 8.78 Å². The van der Waals surface area contributed by atoms with Gasteiger partial charge in [0.15, 0.2) is 17.1 Å². The van der Waals surface area contributed by atoms with Crippen LogP contribution in [0.15, 0.2) is 107 Å². The fourth-order valence-electron chi connectivity index (χ4n) is 6.31. The highest BCUT2D eigenvalue weighted by molar-refractivity contribution is 7.98. The Hall–Kier alpha value is -4.96. The van der Waals surface area contributed by atoms with Crippen LogP contribution in [0.3, 0.4) is 0 Å². The molecule has 4 aromatic carbocycles. The molecule has 2 heterocycles. The Kier molecular flexibility index (Phi) is 12.0. The number of alkyl halides is 3. The second kappa shape index (κ2) is 16.8.